The van der Waals surface area contributed by atoms with Crippen molar-refractivity contribution in [1.82, 2.24) is 0 Å². The van der Waals surface area contributed by atoms with Crippen molar-refractivity contribution < 1.29 is 4.74 Å². The number of ether oxygens (including phenoxy) is 1. The summed E-state index contributed by atoms with van der Waals surface area (Å²) in [6.07, 6.45) is 14.8. The van der Waals surface area contributed by atoms with Gasteiger partial charge in [-0.05, 0) is 98.0 Å². The van der Waals surface area contributed by atoms with Crippen molar-refractivity contribution in [1.29, 1.82) is 0 Å². The Morgan fingerprint density at radius 3 is 1.77 bits per heavy atom. The molecule has 0 saturated heterocycles. The molecule has 0 spiro atoms. The highest BCUT2D eigenvalue weighted by atomic mass is 35.5. The van der Waals surface area contributed by atoms with Crippen LogP contribution in [0.5, 0.6) is 0 Å². The molecule has 224 valence electrons. The van der Waals surface area contributed by atoms with Crippen LogP contribution in [0, 0.1) is 23.2 Å². The quantitative estimate of drug-likeness (QED) is 0.173. The monoisotopic (exact) mass is 566 g/mol. The van der Waals surface area contributed by atoms with Crippen LogP contribution in [0.1, 0.15) is 142 Å². The minimum absolute atomic E-state index is 0.0921. The summed E-state index contributed by atoms with van der Waals surface area (Å²) < 4.78 is 7.06. The van der Waals surface area contributed by atoms with Gasteiger partial charge >= 0.3 is 0 Å². The Balaban J connectivity index is 1.78. The summed E-state index contributed by atoms with van der Waals surface area (Å²) in [5.74, 6) is 2.56. The van der Waals surface area contributed by atoms with Crippen molar-refractivity contribution in [3.05, 3.63) is 71.8 Å². The number of rotatable bonds is 17. The molecule has 2 aromatic carbocycles. The minimum atomic E-state index is -0.0921. The van der Waals surface area contributed by atoms with Crippen LogP contribution in [0.4, 0.5) is 0 Å². The zero-order valence-corrected chi connectivity index (χ0v) is 27.4. The van der Waals surface area contributed by atoms with E-state index in [1.165, 1.54) is 56.1 Å². The minimum Gasteiger partial charge on any atom is -0.373 e. The van der Waals surface area contributed by atoms with E-state index < -0.39 is 0 Å². The maximum Gasteiger partial charge on any atom is 0.0830 e. The molecule has 2 heteroatoms. The van der Waals surface area contributed by atoms with E-state index in [1.807, 2.05) is 0 Å². The third kappa shape index (κ3) is 10.8. The van der Waals surface area contributed by atoms with Gasteiger partial charge < -0.3 is 4.74 Å². The van der Waals surface area contributed by atoms with Gasteiger partial charge in [-0.2, -0.15) is 0 Å². The van der Waals surface area contributed by atoms with Crippen LogP contribution in [0.25, 0.3) is 0 Å². The van der Waals surface area contributed by atoms with Crippen LogP contribution in [0.3, 0.4) is 0 Å². The topological polar surface area (TPSA) is 9.23 Å². The molecule has 3 rings (SSSR count). The fraction of sp³-hybridized carbons (Fsp3) is 0.684. The zero-order valence-electron chi connectivity index (χ0n) is 26.6. The molecule has 0 heterocycles. The third-order valence-corrected chi connectivity index (χ3v) is 10.4. The lowest BCUT2D eigenvalue weighted by molar-refractivity contribution is -0.0472. The number of benzene rings is 2. The Kier molecular flexibility index (Phi) is 13.6. The Bertz CT molecular complexity index is 920. The van der Waals surface area contributed by atoms with Crippen LogP contribution in [-0.2, 0) is 4.74 Å². The van der Waals surface area contributed by atoms with Gasteiger partial charge in [0.05, 0.1) is 12.7 Å². The molecular formula is C38H59ClO. The molecule has 1 aliphatic rings. The summed E-state index contributed by atoms with van der Waals surface area (Å²) in [7, 11) is 0. The van der Waals surface area contributed by atoms with E-state index in [-0.39, 0.29) is 16.4 Å². The van der Waals surface area contributed by atoms with E-state index >= 15 is 0 Å². The Hall–Kier alpha value is -1.31. The Morgan fingerprint density at radius 1 is 0.725 bits per heavy atom. The van der Waals surface area contributed by atoms with Gasteiger partial charge in [-0.3, -0.25) is 0 Å². The average Bonchev–Trinajstić information content (AvgIpc) is 2.97. The first kappa shape index (κ1) is 33.2. The van der Waals surface area contributed by atoms with E-state index in [9.17, 15) is 0 Å². The van der Waals surface area contributed by atoms with Crippen LogP contribution >= 0.6 is 11.6 Å². The standard InChI is InChI=1S/C38H59ClO/c1-30(2)22-24-38(39,25-23-31(3)4)27-26-37(6,35-20-14-9-15-21-35)29-40-36(34-18-12-8-13-19-34)28-32(5)33-16-10-7-11-17-33/h7-8,10-13,16-19,30-32,35-36H,9,14-15,20-29H2,1-6H3. The molecule has 0 aliphatic heterocycles. The summed E-state index contributed by atoms with van der Waals surface area (Å²) in [4.78, 5) is -0.0921. The van der Waals surface area contributed by atoms with Crippen molar-refractivity contribution in [2.75, 3.05) is 6.61 Å². The summed E-state index contributed by atoms with van der Waals surface area (Å²) in [6, 6.07) is 21.9. The maximum absolute atomic E-state index is 7.53. The van der Waals surface area contributed by atoms with E-state index in [1.54, 1.807) is 0 Å². The van der Waals surface area contributed by atoms with E-state index in [4.69, 9.17) is 16.3 Å². The lowest BCUT2D eigenvalue weighted by Crippen LogP contribution is -2.37. The zero-order chi connectivity index (χ0) is 29.0. The SMILES string of the molecule is CC(C)CCC(Cl)(CCC(C)C)CCC(C)(COC(CC(C)c1ccccc1)c1ccccc1)C1CCCCC1. The maximum atomic E-state index is 7.53. The first-order chi connectivity index (χ1) is 19.1. The van der Waals surface area contributed by atoms with Gasteiger partial charge in [-0.1, -0.05) is 121 Å². The molecule has 40 heavy (non-hydrogen) atoms. The lowest BCUT2D eigenvalue weighted by Gasteiger charge is -2.43. The van der Waals surface area contributed by atoms with Crippen LogP contribution in [-0.4, -0.2) is 11.5 Å². The number of hydrogen-bond donors (Lipinski definition) is 0. The smallest absolute Gasteiger partial charge is 0.0830 e. The Labute approximate surface area is 252 Å². The summed E-state index contributed by atoms with van der Waals surface area (Å²) >= 11 is 7.53. The molecule has 0 aromatic heterocycles. The van der Waals surface area contributed by atoms with E-state index in [0.717, 1.165) is 44.6 Å². The molecule has 1 saturated carbocycles. The molecule has 2 aromatic rings. The Morgan fingerprint density at radius 2 is 1.25 bits per heavy atom. The second kappa shape index (κ2) is 16.4. The highest BCUT2D eigenvalue weighted by Crippen LogP contribution is 2.47. The second-order valence-electron chi connectivity index (χ2n) is 14.3. The molecule has 3 atom stereocenters. The van der Waals surface area contributed by atoms with Crippen molar-refractivity contribution >= 4 is 11.6 Å². The predicted molar refractivity (Wildman–Crippen MR) is 175 cm³/mol. The first-order valence-electron chi connectivity index (χ1n) is 16.5. The fourth-order valence-electron chi connectivity index (χ4n) is 6.67. The summed E-state index contributed by atoms with van der Waals surface area (Å²) in [5, 5.41) is 0. The predicted octanol–water partition coefficient (Wildman–Crippen LogP) is 12.2. The molecule has 0 radical (unpaired) electrons. The molecule has 0 N–H and O–H groups in total. The van der Waals surface area contributed by atoms with Crippen molar-refractivity contribution in [3.63, 3.8) is 0 Å². The van der Waals surface area contributed by atoms with Gasteiger partial charge in [0.1, 0.15) is 0 Å². The van der Waals surface area contributed by atoms with Gasteiger partial charge in [0.15, 0.2) is 0 Å². The highest BCUT2D eigenvalue weighted by Gasteiger charge is 2.39. The van der Waals surface area contributed by atoms with Crippen LogP contribution < -0.4 is 0 Å². The van der Waals surface area contributed by atoms with Gasteiger partial charge in [-0.15, -0.1) is 11.6 Å². The fourth-order valence-corrected chi connectivity index (χ4v) is 6.98. The second-order valence-corrected chi connectivity index (χ2v) is 15.1. The van der Waals surface area contributed by atoms with E-state index in [0.29, 0.717) is 17.8 Å². The average molecular weight is 567 g/mol. The van der Waals surface area contributed by atoms with E-state index in [2.05, 4.69) is 102 Å². The van der Waals surface area contributed by atoms with Gasteiger partial charge in [0.2, 0.25) is 0 Å². The highest BCUT2D eigenvalue weighted by molar-refractivity contribution is 6.23. The first-order valence-corrected chi connectivity index (χ1v) is 16.9. The molecule has 1 fully saturated rings. The molecule has 1 aliphatic carbocycles. The van der Waals surface area contributed by atoms with Crippen molar-refractivity contribution in [2.24, 2.45) is 23.2 Å². The molecular weight excluding hydrogens is 508 g/mol. The number of halogens is 1. The number of hydrogen-bond acceptors (Lipinski definition) is 1. The molecule has 1 nitrogen and oxygen atoms in total. The lowest BCUT2D eigenvalue weighted by atomic mass is 9.66. The van der Waals surface area contributed by atoms with Gasteiger partial charge in [0, 0.05) is 4.87 Å². The third-order valence-electron chi connectivity index (χ3n) is 9.80. The molecule has 0 amide bonds. The van der Waals surface area contributed by atoms with Gasteiger partial charge in [-0.25, -0.2) is 0 Å². The van der Waals surface area contributed by atoms with Crippen molar-refractivity contribution in [2.45, 2.75) is 135 Å². The molecule has 3 unspecified atom stereocenters. The van der Waals surface area contributed by atoms with Crippen LogP contribution in [0.2, 0.25) is 0 Å². The van der Waals surface area contributed by atoms with Crippen molar-refractivity contribution in [3.8, 4) is 0 Å². The normalized spacial score (nSPS) is 18.1. The van der Waals surface area contributed by atoms with Gasteiger partial charge in [0.25, 0.3) is 0 Å². The number of alkyl halides is 1. The summed E-state index contributed by atoms with van der Waals surface area (Å²) in [6.45, 7) is 15.0. The van der Waals surface area contributed by atoms with Crippen LogP contribution in [0.15, 0.2) is 60.7 Å². The molecule has 0 bridgehead atoms. The largest absolute Gasteiger partial charge is 0.373 e. The summed E-state index contributed by atoms with van der Waals surface area (Å²) in [5.41, 5.74) is 2.85.